The molecule has 7 heteroatoms. The Morgan fingerprint density at radius 2 is 1.81 bits per heavy atom. The SMILES string of the molecule is Cc1ccccc1-n1c(=O)/c(=C\c2ccccc2Br)s/c1=C(\C#N)C(=O)N1CCCC1. The van der Waals surface area contributed by atoms with Gasteiger partial charge >= 0.3 is 0 Å². The number of carbonyl (C=O) groups is 1. The van der Waals surface area contributed by atoms with Crippen LogP contribution in [0.4, 0.5) is 0 Å². The summed E-state index contributed by atoms with van der Waals surface area (Å²) in [6, 6.07) is 17.2. The molecule has 0 bridgehead atoms. The number of hydrogen-bond donors (Lipinski definition) is 0. The first-order valence-electron chi connectivity index (χ1n) is 9.99. The number of benzene rings is 2. The molecule has 0 saturated carbocycles. The quantitative estimate of drug-likeness (QED) is 0.562. The van der Waals surface area contributed by atoms with Crippen LogP contribution in [0.15, 0.2) is 57.8 Å². The van der Waals surface area contributed by atoms with Gasteiger partial charge in [0.1, 0.15) is 10.7 Å². The van der Waals surface area contributed by atoms with Crippen LogP contribution < -0.4 is 14.8 Å². The molecule has 31 heavy (non-hydrogen) atoms. The van der Waals surface area contributed by atoms with Gasteiger partial charge in [-0.15, -0.1) is 11.3 Å². The van der Waals surface area contributed by atoms with E-state index >= 15 is 0 Å². The van der Waals surface area contributed by atoms with Crippen molar-refractivity contribution in [1.82, 2.24) is 9.47 Å². The third-order valence-electron chi connectivity index (χ3n) is 5.30. The zero-order valence-electron chi connectivity index (χ0n) is 17.0. The third-order valence-corrected chi connectivity index (χ3v) is 7.12. The molecule has 1 amide bonds. The monoisotopic (exact) mass is 493 g/mol. The number of aromatic nitrogens is 1. The number of carbonyl (C=O) groups excluding carboxylic acids is 1. The van der Waals surface area contributed by atoms with E-state index in [1.807, 2.05) is 55.5 Å². The minimum absolute atomic E-state index is 0.0130. The van der Waals surface area contributed by atoms with Crippen LogP contribution in [0.2, 0.25) is 0 Å². The fraction of sp³-hybridized carbons (Fsp3) is 0.208. The van der Waals surface area contributed by atoms with E-state index in [0.717, 1.165) is 28.4 Å². The summed E-state index contributed by atoms with van der Waals surface area (Å²) >= 11 is 4.70. The van der Waals surface area contributed by atoms with E-state index in [1.54, 1.807) is 11.0 Å². The van der Waals surface area contributed by atoms with E-state index in [9.17, 15) is 14.9 Å². The molecule has 1 aliphatic heterocycles. The average Bonchev–Trinajstić information content (AvgIpc) is 3.40. The Bertz CT molecular complexity index is 1370. The lowest BCUT2D eigenvalue weighted by Crippen LogP contribution is -2.35. The Morgan fingerprint density at radius 3 is 2.48 bits per heavy atom. The first-order chi connectivity index (χ1) is 15.0. The summed E-state index contributed by atoms with van der Waals surface area (Å²) in [5, 5.41) is 9.92. The molecule has 0 radical (unpaired) electrons. The van der Waals surface area contributed by atoms with Crippen molar-refractivity contribution in [2.45, 2.75) is 19.8 Å². The summed E-state index contributed by atoms with van der Waals surface area (Å²) in [5.74, 6) is -0.309. The number of amides is 1. The highest BCUT2D eigenvalue weighted by molar-refractivity contribution is 9.10. The molecule has 1 aromatic heterocycles. The Hall–Kier alpha value is -2.95. The van der Waals surface area contributed by atoms with Gasteiger partial charge in [0.15, 0.2) is 5.57 Å². The summed E-state index contributed by atoms with van der Waals surface area (Å²) in [6.45, 7) is 3.19. The summed E-state index contributed by atoms with van der Waals surface area (Å²) < 4.78 is 3.21. The Labute approximate surface area is 192 Å². The number of thiazole rings is 1. The van der Waals surface area contributed by atoms with Gasteiger partial charge in [0.25, 0.3) is 11.5 Å². The van der Waals surface area contributed by atoms with Crippen molar-refractivity contribution in [3.63, 3.8) is 0 Å². The average molecular weight is 494 g/mol. The predicted molar refractivity (Wildman–Crippen MR) is 126 cm³/mol. The van der Waals surface area contributed by atoms with Gasteiger partial charge in [-0.25, -0.2) is 0 Å². The second kappa shape index (κ2) is 9.04. The smallest absolute Gasteiger partial charge is 0.273 e. The fourth-order valence-electron chi connectivity index (χ4n) is 3.68. The standard InChI is InChI=1S/C24H20BrN3O2S/c1-16-8-2-5-11-20(16)28-23(30)21(14-17-9-3-4-10-19(17)25)31-24(28)18(15-26)22(29)27-12-6-7-13-27/h2-5,8-11,14H,6-7,12-13H2,1H3/b21-14+,24-18+. The van der Waals surface area contributed by atoms with Gasteiger partial charge in [-0.2, -0.15) is 5.26 Å². The van der Waals surface area contributed by atoms with E-state index in [4.69, 9.17) is 0 Å². The number of hydrogen-bond acceptors (Lipinski definition) is 4. The lowest BCUT2D eigenvalue weighted by molar-refractivity contribution is -0.123. The number of nitriles is 1. The van der Waals surface area contributed by atoms with Gasteiger partial charge in [-0.3, -0.25) is 14.2 Å². The van der Waals surface area contributed by atoms with Crippen LogP contribution in [0, 0.1) is 18.3 Å². The van der Waals surface area contributed by atoms with Crippen LogP contribution in [0.5, 0.6) is 0 Å². The number of likely N-dealkylation sites (tertiary alicyclic amines) is 1. The lowest BCUT2D eigenvalue weighted by Gasteiger charge is -2.14. The van der Waals surface area contributed by atoms with Gasteiger partial charge in [-0.05, 0) is 49.1 Å². The first-order valence-corrected chi connectivity index (χ1v) is 11.6. The number of halogens is 1. The molecule has 0 spiro atoms. The van der Waals surface area contributed by atoms with Gasteiger partial charge in [0.2, 0.25) is 0 Å². The van der Waals surface area contributed by atoms with Crippen molar-refractivity contribution >= 4 is 44.8 Å². The van der Waals surface area contributed by atoms with Gasteiger partial charge < -0.3 is 4.90 Å². The highest BCUT2D eigenvalue weighted by Gasteiger charge is 2.24. The van der Waals surface area contributed by atoms with Gasteiger partial charge in [-0.1, -0.05) is 52.3 Å². The molecule has 2 aromatic carbocycles. The summed E-state index contributed by atoms with van der Waals surface area (Å²) in [4.78, 5) is 28.3. The maximum absolute atomic E-state index is 13.5. The maximum atomic E-state index is 13.5. The van der Waals surface area contributed by atoms with Crippen molar-refractivity contribution in [3.8, 4) is 11.8 Å². The summed E-state index contributed by atoms with van der Waals surface area (Å²) in [6.07, 6.45) is 3.66. The van der Waals surface area contributed by atoms with Crippen LogP contribution in [0.3, 0.4) is 0 Å². The largest absolute Gasteiger partial charge is 0.338 e. The Balaban J connectivity index is 2.06. The molecule has 1 aliphatic rings. The molecule has 0 unspecified atom stereocenters. The second-order valence-electron chi connectivity index (χ2n) is 7.35. The summed E-state index contributed by atoms with van der Waals surface area (Å²) in [5.41, 5.74) is 2.19. The van der Waals surface area contributed by atoms with Crippen molar-refractivity contribution in [1.29, 1.82) is 5.26 Å². The minimum Gasteiger partial charge on any atom is -0.338 e. The number of rotatable bonds is 3. The normalized spacial score (nSPS) is 15.1. The molecule has 156 valence electrons. The Morgan fingerprint density at radius 1 is 1.13 bits per heavy atom. The molecular formula is C24H20BrN3O2S. The first kappa shape index (κ1) is 21.3. The van der Waals surface area contributed by atoms with Crippen LogP contribution in [0.1, 0.15) is 24.0 Å². The zero-order valence-corrected chi connectivity index (χ0v) is 19.4. The van der Waals surface area contributed by atoms with Crippen molar-refractivity contribution in [3.05, 3.63) is 83.7 Å². The van der Waals surface area contributed by atoms with E-state index in [1.165, 1.54) is 15.9 Å². The van der Waals surface area contributed by atoms with Crippen LogP contribution in [0.25, 0.3) is 17.3 Å². The molecule has 5 nitrogen and oxygen atoms in total. The highest BCUT2D eigenvalue weighted by atomic mass is 79.9. The molecule has 0 aliphatic carbocycles. The van der Waals surface area contributed by atoms with Gasteiger partial charge in [0.05, 0.1) is 10.2 Å². The van der Waals surface area contributed by atoms with Crippen LogP contribution in [-0.2, 0) is 4.79 Å². The van der Waals surface area contributed by atoms with E-state index in [2.05, 4.69) is 22.0 Å². The van der Waals surface area contributed by atoms with Crippen molar-refractivity contribution < 1.29 is 4.79 Å². The molecule has 2 heterocycles. The van der Waals surface area contributed by atoms with E-state index < -0.39 is 0 Å². The number of nitrogens with zero attached hydrogens (tertiary/aromatic N) is 3. The molecule has 4 rings (SSSR count). The maximum Gasteiger partial charge on any atom is 0.273 e. The van der Waals surface area contributed by atoms with E-state index in [0.29, 0.717) is 28.0 Å². The molecule has 1 fully saturated rings. The lowest BCUT2D eigenvalue weighted by atomic mass is 10.2. The zero-order chi connectivity index (χ0) is 22.0. The van der Waals surface area contributed by atoms with Crippen LogP contribution >= 0.6 is 27.3 Å². The van der Waals surface area contributed by atoms with Crippen molar-refractivity contribution in [2.75, 3.05) is 13.1 Å². The third kappa shape index (κ3) is 4.14. The topological polar surface area (TPSA) is 66.1 Å². The van der Waals surface area contributed by atoms with E-state index in [-0.39, 0.29) is 17.0 Å². The molecule has 1 saturated heterocycles. The molecule has 0 atom stereocenters. The number of aryl methyl sites for hydroxylation is 1. The van der Waals surface area contributed by atoms with Crippen LogP contribution in [-0.4, -0.2) is 28.5 Å². The Kier molecular flexibility index (Phi) is 6.21. The van der Waals surface area contributed by atoms with Crippen molar-refractivity contribution in [2.24, 2.45) is 0 Å². The molecule has 0 N–H and O–H groups in total. The predicted octanol–water partition coefficient (Wildman–Crippen LogP) is 3.10. The second-order valence-corrected chi connectivity index (χ2v) is 9.24. The fourth-order valence-corrected chi connectivity index (χ4v) is 5.16. The minimum atomic E-state index is -0.309. The molecule has 3 aromatic rings. The van der Waals surface area contributed by atoms with Gasteiger partial charge in [0, 0.05) is 17.6 Å². The molecular weight excluding hydrogens is 474 g/mol. The highest BCUT2D eigenvalue weighted by Crippen LogP contribution is 2.17. The summed E-state index contributed by atoms with van der Waals surface area (Å²) in [7, 11) is 0. The number of para-hydroxylation sites is 1.